The van der Waals surface area contributed by atoms with Gasteiger partial charge in [-0.05, 0) is 101 Å². The minimum absolute atomic E-state index is 0.286. The molecular weight excluding hydrogens is 689 g/mol. The molecule has 2 unspecified atom stereocenters. The third-order valence-corrected chi connectivity index (χ3v) is 9.56. The second kappa shape index (κ2) is 17.5. The van der Waals surface area contributed by atoms with E-state index in [0.717, 1.165) is 54.1 Å². The van der Waals surface area contributed by atoms with Crippen LogP contribution in [0.5, 0.6) is 11.5 Å². The van der Waals surface area contributed by atoms with E-state index in [1.807, 2.05) is 81.9 Å². The Morgan fingerprint density at radius 3 is 2.45 bits per heavy atom. The van der Waals surface area contributed by atoms with Crippen LogP contribution in [-0.4, -0.2) is 82.8 Å². The van der Waals surface area contributed by atoms with E-state index in [1.54, 1.807) is 19.1 Å². The van der Waals surface area contributed by atoms with E-state index in [2.05, 4.69) is 35.7 Å². The summed E-state index contributed by atoms with van der Waals surface area (Å²) >= 11 is 12.4. The van der Waals surface area contributed by atoms with Crippen LogP contribution in [0.4, 0.5) is 0 Å². The van der Waals surface area contributed by atoms with Crippen LogP contribution in [0.3, 0.4) is 0 Å². The summed E-state index contributed by atoms with van der Waals surface area (Å²) in [6.45, 7) is 3.62. The molecule has 3 aromatic carbocycles. The van der Waals surface area contributed by atoms with Gasteiger partial charge in [0.2, 0.25) is 11.8 Å². The van der Waals surface area contributed by atoms with E-state index in [9.17, 15) is 14.7 Å². The molecule has 3 atom stereocenters. The Hall–Kier alpha value is -3.97. The predicted molar refractivity (Wildman–Crippen MR) is 201 cm³/mol. The third-order valence-electron chi connectivity index (χ3n) is 9.07. The van der Waals surface area contributed by atoms with Crippen molar-refractivity contribution in [3.63, 3.8) is 0 Å². The van der Waals surface area contributed by atoms with Crippen LogP contribution in [0.15, 0.2) is 72.9 Å². The summed E-state index contributed by atoms with van der Waals surface area (Å²) in [7, 11) is 6.03. The molecule has 4 aromatic rings. The Kier molecular flexibility index (Phi) is 13.1. The van der Waals surface area contributed by atoms with Gasteiger partial charge in [0, 0.05) is 41.3 Å². The van der Waals surface area contributed by atoms with E-state index in [-0.39, 0.29) is 6.54 Å². The van der Waals surface area contributed by atoms with Crippen molar-refractivity contribution in [1.82, 2.24) is 35.7 Å². The minimum atomic E-state index is -1.12. The molecule has 272 valence electrons. The molecule has 51 heavy (non-hydrogen) atoms. The van der Waals surface area contributed by atoms with Crippen LogP contribution in [0.25, 0.3) is 11.3 Å². The maximum Gasteiger partial charge on any atom is 0.245 e. The molecular formula is C38H47Cl2N7O4. The number of halogens is 2. The number of imidazole rings is 1. The number of hydrogen-bond donors (Lipinski definition) is 5. The van der Waals surface area contributed by atoms with Crippen molar-refractivity contribution >= 4 is 35.0 Å². The number of benzene rings is 3. The number of aliphatic hydroxyl groups excluding tert-OH is 1. The highest BCUT2D eigenvalue weighted by Gasteiger charge is 2.36. The van der Waals surface area contributed by atoms with Gasteiger partial charge in [-0.15, -0.1) is 0 Å². The maximum atomic E-state index is 13.4. The van der Waals surface area contributed by atoms with Crippen LogP contribution in [0.1, 0.15) is 36.7 Å². The van der Waals surface area contributed by atoms with Gasteiger partial charge in [-0.1, -0.05) is 41.4 Å². The summed E-state index contributed by atoms with van der Waals surface area (Å²) < 4.78 is 8.33. The van der Waals surface area contributed by atoms with Crippen LogP contribution in [0, 0.1) is 0 Å². The van der Waals surface area contributed by atoms with Crippen molar-refractivity contribution < 1.29 is 19.4 Å². The number of nitrogens with zero attached hydrogens (tertiary/aromatic N) is 3. The molecule has 1 aliphatic heterocycles. The zero-order valence-corrected chi connectivity index (χ0v) is 31.0. The number of hydrogen-bond acceptors (Lipinski definition) is 8. The molecule has 2 amide bonds. The van der Waals surface area contributed by atoms with Crippen LogP contribution >= 0.6 is 23.2 Å². The van der Waals surface area contributed by atoms with Gasteiger partial charge in [0.25, 0.3) is 0 Å². The van der Waals surface area contributed by atoms with Crippen molar-refractivity contribution in [3.8, 4) is 22.8 Å². The average Bonchev–Trinajstić information content (AvgIpc) is 3.46. The lowest BCUT2D eigenvalue weighted by atomic mass is 9.83. The lowest BCUT2D eigenvalue weighted by Gasteiger charge is -2.39. The van der Waals surface area contributed by atoms with Gasteiger partial charge in [0.1, 0.15) is 23.4 Å². The first kappa shape index (κ1) is 38.3. The monoisotopic (exact) mass is 735 g/mol. The first-order valence-electron chi connectivity index (χ1n) is 17.1. The number of carbonyl (C=O) groups excluding carboxylic acids is 2. The lowest BCUT2D eigenvalue weighted by molar-refractivity contribution is -0.132. The van der Waals surface area contributed by atoms with E-state index in [1.165, 1.54) is 0 Å². The summed E-state index contributed by atoms with van der Waals surface area (Å²) in [6.07, 6.45) is 4.10. The first-order chi connectivity index (χ1) is 24.4. The molecule has 1 fully saturated rings. The standard InChI is InChI=1S/C38H47Cl2N7O4/c1-25(36(49)44-32(23-48)37(50)45-38(16-5-17-41-24-38)19-26-6-11-29(39)12-7-26)42-20-28-8-13-30(40)18-34(28)51-31-14-9-27(10-15-31)33-21-43-35(47(33)4)22-46(2)3/h6-15,18,21,25,32,41-42,48H,5,16-17,19-20,22-24H2,1-4H3,(H,44,49)(H,45,50)/t25?,32?,38-/m1/s1. The summed E-state index contributed by atoms with van der Waals surface area (Å²) in [5, 5.41) is 23.7. The summed E-state index contributed by atoms with van der Waals surface area (Å²) in [4.78, 5) is 33.3. The Bertz CT molecular complexity index is 1770. The van der Waals surface area contributed by atoms with Gasteiger partial charge >= 0.3 is 0 Å². The summed E-state index contributed by atoms with van der Waals surface area (Å²) in [5.41, 5.74) is 3.27. The predicted octanol–water partition coefficient (Wildman–Crippen LogP) is 4.68. The van der Waals surface area contributed by atoms with Crippen LogP contribution < -0.4 is 26.0 Å². The van der Waals surface area contributed by atoms with Crippen LogP contribution in [0.2, 0.25) is 10.0 Å². The summed E-state index contributed by atoms with van der Waals surface area (Å²) in [6, 6.07) is 18.8. The molecule has 11 nitrogen and oxygen atoms in total. The second-order valence-electron chi connectivity index (χ2n) is 13.4. The van der Waals surface area contributed by atoms with Gasteiger partial charge < -0.3 is 40.6 Å². The number of amides is 2. The number of nitrogens with one attached hydrogen (secondary N) is 4. The van der Waals surface area contributed by atoms with Gasteiger partial charge in [0.05, 0.1) is 36.6 Å². The van der Waals surface area contributed by atoms with Crippen molar-refractivity contribution in [2.45, 2.75) is 56.9 Å². The fourth-order valence-electron chi connectivity index (χ4n) is 6.19. The molecule has 1 saturated heterocycles. The van der Waals surface area contributed by atoms with E-state index in [4.69, 9.17) is 27.9 Å². The second-order valence-corrected chi connectivity index (χ2v) is 14.3. The first-order valence-corrected chi connectivity index (χ1v) is 17.8. The normalized spacial score (nSPS) is 17.2. The topological polar surface area (TPSA) is 133 Å². The van der Waals surface area contributed by atoms with Crippen molar-refractivity contribution in [3.05, 3.63) is 99.9 Å². The number of rotatable bonds is 15. The fourth-order valence-corrected chi connectivity index (χ4v) is 6.48. The van der Waals surface area contributed by atoms with Crippen molar-refractivity contribution in [1.29, 1.82) is 0 Å². The molecule has 0 radical (unpaired) electrons. The van der Waals surface area contributed by atoms with Gasteiger partial charge in [0.15, 0.2) is 0 Å². The molecule has 13 heteroatoms. The van der Waals surface area contributed by atoms with E-state index >= 15 is 0 Å². The van der Waals surface area contributed by atoms with E-state index < -0.39 is 36.0 Å². The zero-order valence-electron chi connectivity index (χ0n) is 29.5. The molecule has 0 bridgehead atoms. The smallest absolute Gasteiger partial charge is 0.245 e. The molecule has 0 spiro atoms. The maximum absolute atomic E-state index is 13.4. The molecule has 5 N–H and O–H groups in total. The Morgan fingerprint density at radius 2 is 1.78 bits per heavy atom. The number of piperidine rings is 1. The minimum Gasteiger partial charge on any atom is -0.457 e. The highest BCUT2D eigenvalue weighted by Crippen LogP contribution is 2.31. The van der Waals surface area contributed by atoms with Gasteiger partial charge in [-0.3, -0.25) is 9.59 Å². The van der Waals surface area contributed by atoms with Gasteiger partial charge in [-0.2, -0.15) is 0 Å². The highest BCUT2D eigenvalue weighted by atomic mass is 35.5. The Balaban J connectivity index is 1.18. The van der Waals surface area contributed by atoms with Crippen LogP contribution in [-0.2, 0) is 36.1 Å². The highest BCUT2D eigenvalue weighted by molar-refractivity contribution is 6.31. The summed E-state index contributed by atoms with van der Waals surface area (Å²) in [5.74, 6) is 1.28. The Morgan fingerprint density at radius 1 is 1.06 bits per heavy atom. The van der Waals surface area contributed by atoms with Crippen molar-refractivity contribution in [2.75, 3.05) is 33.8 Å². The van der Waals surface area contributed by atoms with Gasteiger partial charge in [-0.25, -0.2) is 4.98 Å². The zero-order chi connectivity index (χ0) is 36.5. The quantitative estimate of drug-likeness (QED) is 0.119. The largest absolute Gasteiger partial charge is 0.457 e. The number of aromatic nitrogens is 2. The Labute approximate surface area is 309 Å². The molecule has 0 saturated carbocycles. The van der Waals surface area contributed by atoms with Crippen molar-refractivity contribution in [2.24, 2.45) is 7.05 Å². The number of ether oxygens (including phenoxy) is 1. The molecule has 0 aliphatic carbocycles. The van der Waals surface area contributed by atoms with E-state index in [0.29, 0.717) is 34.5 Å². The SMILES string of the molecule is CC(NCc1ccc(Cl)cc1Oc1ccc(-c2cnc(CN(C)C)n2C)cc1)C(=O)NC(CO)C(=O)N[C@@]1(Cc2ccc(Cl)cc2)CCCNC1. The molecule has 2 heterocycles. The molecule has 5 rings (SSSR count). The number of carbonyl (C=O) groups is 2. The fraction of sp³-hybridized carbons (Fsp3) is 0.395. The number of aliphatic hydroxyl groups is 1. The average molecular weight is 737 g/mol. The molecule has 1 aromatic heterocycles. The lowest BCUT2D eigenvalue weighted by Crippen LogP contribution is -2.63. The third kappa shape index (κ3) is 10.3. The molecule has 1 aliphatic rings.